The molecule has 0 saturated heterocycles. The molecule has 0 bridgehead atoms. The van der Waals surface area contributed by atoms with Gasteiger partial charge in [0.15, 0.2) is 0 Å². The number of rotatable bonds is 6. The van der Waals surface area contributed by atoms with Crippen molar-refractivity contribution in [2.75, 3.05) is 13.2 Å². The number of hydrogen-bond donors (Lipinski definition) is 1. The summed E-state index contributed by atoms with van der Waals surface area (Å²) in [5.41, 5.74) is 1.29. The van der Waals surface area contributed by atoms with Crippen molar-refractivity contribution in [3.05, 3.63) is 21.9 Å². The molecule has 0 aromatic carbocycles. The molecule has 0 spiro atoms. The first kappa shape index (κ1) is 13.7. The maximum atomic E-state index is 5.67. The van der Waals surface area contributed by atoms with Gasteiger partial charge in [-0.05, 0) is 51.6 Å². The second-order valence-corrected chi connectivity index (χ2v) is 5.71. The third-order valence-electron chi connectivity index (χ3n) is 2.66. The van der Waals surface area contributed by atoms with Crippen molar-refractivity contribution in [2.24, 2.45) is 0 Å². The van der Waals surface area contributed by atoms with Crippen molar-refractivity contribution >= 4 is 11.3 Å². The van der Waals surface area contributed by atoms with Crippen LogP contribution in [0.3, 0.4) is 0 Å². The van der Waals surface area contributed by atoms with Crippen LogP contribution in [0.25, 0.3) is 0 Å². The normalized spacial score (nSPS) is 14.1. The first-order valence-electron chi connectivity index (χ1n) is 5.87. The molecule has 1 atom stereocenters. The van der Waals surface area contributed by atoms with Crippen LogP contribution < -0.4 is 5.32 Å². The lowest BCUT2D eigenvalue weighted by atomic mass is 10.1. The second-order valence-electron chi connectivity index (χ2n) is 4.76. The molecule has 0 saturated carbocycles. The summed E-state index contributed by atoms with van der Waals surface area (Å²) in [5.74, 6) is 0. The fourth-order valence-electron chi connectivity index (χ4n) is 1.76. The summed E-state index contributed by atoms with van der Waals surface area (Å²) in [4.78, 5) is 1.42. The highest BCUT2D eigenvalue weighted by Gasteiger charge is 2.19. The molecule has 3 heteroatoms. The summed E-state index contributed by atoms with van der Waals surface area (Å²) in [7, 11) is 0. The molecule has 0 amide bonds. The van der Waals surface area contributed by atoms with Gasteiger partial charge in [0.05, 0.1) is 5.60 Å². The van der Waals surface area contributed by atoms with Crippen molar-refractivity contribution in [1.29, 1.82) is 0 Å². The van der Waals surface area contributed by atoms with Gasteiger partial charge in [0, 0.05) is 24.1 Å². The molecule has 0 fully saturated rings. The van der Waals surface area contributed by atoms with E-state index in [4.69, 9.17) is 4.74 Å². The summed E-state index contributed by atoms with van der Waals surface area (Å²) >= 11 is 1.82. The number of thiophene rings is 1. The Morgan fingerprint density at radius 3 is 2.69 bits per heavy atom. The van der Waals surface area contributed by atoms with E-state index in [9.17, 15) is 0 Å². The zero-order valence-corrected chi connectivity index (χ0v) is 11.8. The second kappa shape index (κ2) is 5.80. The molecule has 1 unspecified atom stereocenters. The third-order valence-corrected chi connectivity index (χ3v) is 3.87. The molecule has 16 heavy (non-hydrogen) atoms. The first-order chi connectivity index (χ1) is 7.46. The van der Waals surface area contributed by atoms with Gasteiger partial charge in [0.2, 0.25) is 0 Å². The van der Waals surface area contributed by atoms with Crippen LogP contribution in [0, 0.1) is 6.92 Å². The lowest BCUT2D eigenvalue weighted by Crippen LogP contribution is -2.38. The fourth-order valence-corrected chi connectivity index (χ4v) is 2.72. The summed E-state index contributed by atoms with van der Waals surface area (Å²) in [6, 6.07) is 2.58. The summed E-state index contributed by atoms with van der Waals surface area (Å²) < 4.78 is 5.67. The third kappa shape index (κ3) is 3.89. The van der Waals surface area contributed by atoms with Crippen LogP contribution in [0.15, 0.2) is 11.4 Å². The van der Waals surface area contributed by atoms with E-state index in [1.807, 2.05) is 18.3 Å². The molecule has 1 rings (SSSR count). The van der Waals surface area contributed by atoms with Gasteiger partial charge in [-0.25, -0.2) is 0 Å². The number of aryl methyl sites for hydroxylation is 1. The van der Waals surface area contributed by atoms with E-state index in [-0.39, 0.29) is 5.60 Å². The quantitative estimate of drug-likeness (QED) is 0.822. The number of hydrogen-bond acceptors (Lipinski definition) is 3. The van der Waals surface area contributed by atoms with E-state index >= 15 is 0 Å². The van der Waals surface area contributed by atoms with Gasteiger partial charge >= 0.3 is 0 Å². The lowest BCUT2D eigenvalue weighted by molar-refractivity contribution is -0.0102. The van der Waals surface area contributed by atoms with Crippen molar-refractivity contribution in [2.45, 2.75) is 46.3 Å². The van der Waals surface area contributed by atoms with Gasteiger partial charge in [0.25, 0.3) is 0 Å². The number of ether oxygens (including phenoxy) is 1. The highest BCUT2D eigenvalue weighted by atomic mass is 32.1. The molecule has 1 aromatic rings. The Hall–Kier alpha value is -0.380. The predicted molar refractivity (Wildman–Crippen MR) is 71.2 cm³/mol. The monoisotopic (exact) mass is 241 g/mol. The van der Waals surface area contributed by atoms with Crippen molar-refractivity contribution in [1.82, 2.24) is 5.32 Å². The Morgan fingerprint density at radius 1 is 1.50 bits per heavy atom. The largest absolute Gasteiger partial charge is 0.375 e. The average Bonchev–Trinajstić information content (AvgIpc) is 2.61. The molecule has 92 valence electrons. The standard InChI is InChI=1S/C13H23NOS/c1-6-15-13(4,5)9-14-11(3)12-10(2)7-8-16-12/h7-8,11,14H,6,9H2,1-5H3. The van der Waals surface area contributed by atoms with E-state index in [1.165, 1.54) is 10.4 Å². The Kier molecular flexibility index (Phi) is 4.96. The molecule has 2 nitrogen and oxygen atoms in total. The first-order valence-corrected chi connectivity index (χ1v) is 6.75. The molecule has 0 radical (unpaired) electrons. The Labute approximate surface area is 103 Å². The lowest BCUT2D eigenvalue weighted by Gasteiger charge is -2.27. The maximum absolute atomic E-state index is 5.67. The zero-order chi connectivity index (χ0) is 12.2. The van der Waals surface area contributed by atoms with E-state index in [0.29, 0.717) is 6.04 Å². The topological polar surface area (TPSA) is 21.3 Å². The summed E-state index contributed by atoms with van der Waals surface area (Å²) in [5, 5.41) is 5.69. The number of nitrogens with one attached hydrogen (secondary N) is 1. The van der Waals surface area contributed by atoms with Crippen LogP contribution in [0.5, 0.6) is 0 Å². The van der Waals surface area contributed by atoms with Gasteiger partial charge in [-0.3, -0.25) is 0 Å². The Balaban J connectivity index is 2.47. The molecular weight excluding hydrogens is 218 g/mol. The van der Waals surface area contributed by atoms with Gasteiger partial charge in [-0.1, -0.05) is 0 Å². The molecule has 1 N–H and O–H groups in total. The zero-order valence-electron chi connectivity index (χ0n) is 11.0. The van der Waals surface area contributed by atoms with E-state index < -0.39 is 0 Å². The van der Waals surface area contributed by atoms with Crippen LogP contribution >= 0.6 is 11.3 Å². The fraction of sp³-hybridized carbons (Fsp3) is 0.692. The molecule has 0 aliphatic rings. The van der Waals surface area contributed by atoms with Crippen LogP contribution in [-0.4, -0.2) is 18.8 Å². The molecule has 0 aliphatic heterocycles. The SMILES string of the molecule is CCOC(C)(C)CNC(C)c1sccc1C. The van der Waals surface area contributed by atoms with Crippen LogP contribution in [0.4, 0.5) is 0 Å². The van der Waals surface area contributed by atoms with Gasteiger partial charge in [0.1, 0.15) is 0 Å². The molecule has 1 heterocycles. The van der Waals surface area contributed by atoms with Crippen molar-refractivity contribution in [3.8, 4) is 0 Å². The minimum Gasteiger partial charge on any atom is -0.375 e. The Bertz CT molecular complexity index is 319. The molecular formula is C13H23NOS. The van der Waals surface area contributed by atoms with Crippen LogP contribution in [0.2, 0.25) is 0 Å². The van der Waals surface area contributed by atoms with Gasteiger partial charge in [-0.15, -0.1) is 11.3 Å². The van der Waals surface area contributed by atoms with Gasteiger partial charge in [-0.2, -0.15) is 0 Å². The Morgan fingerprint density at radius 2 is 2.19 bits per heavy atom. The maximum Gasteiger partial charge on any atom is 0.0750 e. The highest BCUT2D eigenvalue weighted by molar-refractivity contribution is 7.10. The predicted octanol–water partition coefficient (Wildman–Crippen LogP) is 3.52. The average molecular weight is 241 g/mol. The van der Waals surface area contributed by atoms with Crippen molar-refractivity contribution in [3.63, 3.8) is 0 Å². The van der Waals surface area contributed by atoms with E-state index in [1.54, 1.807) is 0 Å². The summed E-state index contributed by atoms with van der Waals surface area (Å²) in [6.45, 7) is 12.3. The van der Waals surface area contributed by atoms with Crippen molar-refractivity contribution < 1.29 is 4.74 Å². The minimum atomic E-state index is -0.0891. The van der Waals surface area contributed by atoms with Crippen LogP contribution in [-0.2, 0) is 4.74 Å². The van der Waals surface area contributed by atoms with Gasteiger partial charge < -0.3 is 10.1 Å². The highest BCUT2D eigenvalue weighted by Crippen LogP contribution is 2.23. The smallest absolute Gasteiger partial charge is 0.0750 e. The van der Waals surface area contributed by atoms with Crippen LogP contribution in [0.1, 0.15) is 44.2 Å². The van der Waals surface area contributed by atoms with E-state index in [2.05, 4.69) is 44.5 Å². The van der Waals surface area contributed by atoms with E-state index in [0.717, 1.165) is 13.2 Å². The molecule has 0 aliphatic carbocycles. The minimum absolute atomic E-state index is 0.0891. The molecule has 1 aromatic heterocycles. The summed E-state index contributed by atoms with van der Waals surface area (Å²) in [6.07, 6.45) is 0.